The molecule has 2 aromatic rings. The molecule has 0 unspecified atom stereocenters. The molecule has 1 saturated heterocycles. The Hall–Kier alpha value is -2.45. The number of piperidine rings is 1. The van der Waals surface area contributed by atoms with Gasteiger partial charge in [-0.2, -0.15) is 0 Å². The van der Waals surface area contributed by atoms with Crippen LogP contribution in [0.4, 0.5) is 4.39 Å². The van der Waals surface area contributed by atoms with E-state index in [0.29, 0.717) is 19.4 Å². The fraction of sp³-hybridized carbons (Fsp3) is 0.435. The quantitative estimate of drug-likeness (QED) is 0.669. The number of nitrogens with one attached hydrogen (secondary N) is 1. The normalized spacial score (nSPS) is 16.6. The van der Waals surface area contributed by atoms with E-state index in [4.69, 9.17) is 4.74 Å². The van der Waals surface area contributed by atoms with Crippen LogP contribution in [0.25, 0.3) is 0 Å². The number of benzene rings is 2. The molecule has 1 heterocycles. The van der Waals surface area contributed by atoms with E-state index in [0.717, 1.165) is 11.3 Å². The van der Waals surface area contributed by atoms with Gasteiger partial charge in [-0.3, -0.25) is 4.79 Å². The number of nitrogens with zero attached hydrogens (tertiary/aromatic N) is 1. The predicted octanol–water partition coefficient (Wildman–Crippen LogP) is 3.64. The van der Waals surface area contributed by atoms with E-state index in [2.05, 4.69) is 5.32 Å². The summed E-state index contributed by atoms with van der Waals surface area (Å²) in [5.41, 5.74) is 1.13. The molecule has 31 heavy (non-hydrogen) atoms. The molecule has 6 nitrogen and oxygen atoms in total. The maximum Gasteiger partial charge on any atom is 0.223 e. The van der Waals surface area contributed by atoms with Crippen LogP contribution in [0.15, 0.2) is 48.5 Å². The minimum atomic E-state index is -3.63. The smallest absolute Gasteiger partial charge is 0.223 e. The molecule has 0 spiro atoms. The summed E-state index contributed by atoms with van der Waals surface area (Å²) in [5.74, 6) is -0.430. The minimum Gasteiger partial charge on any atom is -0.494 e. The monoisotopic (exact) mass is 448 g/mol. The Balaban J connectivity index is 1.52. The molecule has 3 rings (SSSR count). The molecule has 1 amide bonds. The lowest BCUT2D eigenvalue weighted by atomic mass is 9.96. The van der Waals surface area contributed by atoms with E-state index < -0.39 is 15.8 Å². The second-order valence-electron chi connectivity index (χ2n) is 7.75. The minimum absolute atomic E-state index is 0.0764. The number of carbonyl (C=O) groups excluding carboxylic acids is 1. The third kappa shape index (κ3) is 6.04. The van der Waals surface area contributed by atoms with Crippen molar-refractivity contribution in [3.63, 3.8) is 0 Å². The lowest BCUT2D eigenvalue weighted by Crippen LogP contribution is -2.43. The van der Waals surface area contributed by atoms with Crippen LogP contribution in [0.3, 0.4) is 0 Å². The molecule has 0 radical (unpaired) electrons. The summed E-state index contributed by atoms with van der Waals surface area (Å²) in [5, 5.41) is 3.02. The first-order valence-electron chi connectivity index (χ1n) is 10.5. The molecule has 1 N–H and O–H groups in total. The molecule has 1 fully saturated rings. The topological polar surface area (TPSA) is 75.7 Å². The zero-order valence-corrected chi connectivity index (χ0v) is 18.7. The molecule has 168 valence electrons. The lowest BCUT2D eigenvalue weighted by Gasteiger charge is -2.31. The summed E-state index contributed by atoms with van der Waals surface area (Å²) in [4.78, 5) is 12.7. The van der Waals surface area contributed by atoms with Gasteiger partial charge in [0.2, 0.25) is 15.9 Å². The number of rotatable bonds is 8. The van der Waals surface area contributed by atoms with Crippen molar-refractivity contribution in [2.45, 2.75) is 38.5 Å². The molecule has 1 atom stereocenters. The molecule has 1 aliphatic heterocycles. The third-order valence-corrected chi connectivity index (χ3v) is 7.39. The average molecular weight is 449 g/mol. The van der Waals surface area contributed by atoms with Gasteiger partial charge < -0.3 is 10.1 Å². The van der Waals surface area contributed by atoms with E-state index in [1.165, 1.54) is 22.5 Å². The summed E-state index contributed by atoms with van der Waals surface area (Å²) in [6.07, 6.45) is 0.886. The van der Waals surface area contributed by atoms with Crippen molar-refractivity contribution in [2.24, 2.45) is 5.92 Å². The summed E-state index contributed by atoms with van der Waals surface area (Å²) in [7, 11) is -3.63. The maximum atomic E-state index is 13.8. The van der Waals surface area contributed by atoms with E-state index in [-0.39, 0.29) is 42.3 Å². The number of amides is 1. The lowest BCUT2D eigenvalue weighted by molar-refractivity contribution is -0.126. The van der Waals surface area contributed by atoms with Crippen LogP contribution in [0.1, 0.15) is 43.9 Å². The van der Waals surface area contributed by atoms with Crippen LogP contribution in [-0.4, -0.2) is 38.3 Å². The van der Waals surface area contributed by atoms with Gasteiger partial charge in [-0.05, 0) is 50.5 Å². The van der Waals surface area contributed by atoms with Crippen molar-refractivity contribution in [1.82, 2.24) is 9.62 Å². The van der Waals surface area contributed by atoms with Crippen molar-refractivity contribution in [3.05, 3.63) is 65.5 Å². The highest BCUT2D eigenvalue weighted by Gasteiger charge is 2.32. The van der Waals surface area contributed by atoms with Crippen molar-refractivity contribution in [1.29, 1.82) is 0 Å². The highest BCUT2D eigenvalue weighted by atomic mass is 32.2. The SMILES string of the molecule is CCOc1ccc([C@H](C)NC(=O)C2CCN(S(=O)(=O)Cc3ccccc3F)CC2)cc1. The van der Waals surface area contributed by atoms with Crippen molar-refractivity contribution < 1.29 is 22.3 Å². The zero-order chi connectivity index (χ0) is 22.4. The van der Waals surface area contributed by atoms with Crippen LogP contribution in [-0.2, 0) is 20.6 Å². The summed E-state index contributed by atoms with van der Waals surface area (Å²) < 4.78 is 46.0. The molecule has 1 aliphatic rings. The van der Waals surface area contributed by atoms with E-state index in [1.54, 1.807) is 6.07 Å². The number of halogens is 1. The van der Waals surface area contributed by atoms with Crippen molar-refractivity contribution >= 4 is 15.9 Å². The number of carbonyl (C=O) groups is 1. The Morgan fingerprint density at radius 2 is 1.81 bits per heavy atom. The van der Waals surface area contributed by atoms with Gasteiger partial charge in [0.15, 0.2) is 0 Å². The largest absolute Gasteiger partial charge is 0.494 e. The molecule has 8 heteroatoms. The van der Waals surface area contributed by atoms with Crippen LogP contribution < -0.4 is 10.1 Å². The van der Waals surface area contributed by atoms with E-state index in [9.17, 15) is 17.6 Å². The number of sulfonamides is 1. The first-order chi connectivity index (χ1) is 14.8. The highest BCUT2D eigenvalue weighted by molar-refractivity contribution is 7.88. The van der Waals surface area contributed by atoms with Gasteiger partial charge in [0, 0.05) is 24.6 Å². The van der Waals surface area contributed by atoms with Gasteiger partial charge in [-0.1, -0.05) is 30.3 Å². The first-order valence-corrected chi connectivity index (χ1v) is 12.2. The molecule has 0 saturated carbocycles. The van der Waals surface area contributed by atoms with Gasteiger partial charge >= 0.3 is 0 Å². The number of ether oxygens (including phenoxy) is 1. The van der Waals surface area contributed by atoms with Gasteiger partial charge in [-0.15, -0.1) is 0 Å². The van der Waals surface area contributed by atoms with Gasteiger partial charge in [-0.25, -0.2) is 17.1 Å². The fourth-order valence-corrected chi connectivity index (χ4v) is 5.31. The van der Waals surface area contributed by atoms with Crippen LogP contribution in [0.5, 0.6) is 5.75 Å². The Labute approximate surface area is 183 Å². The first kappa shape index (κ1) is 23.2. The van der Waals surface area contributed by atoms with Crippen LogP contribution >= 0.6 is 0 Å². The molecule has 0 aliphatic carbocycles. The van der Waals surface area contributed by atoms with Crippen molar-refractivity contribution in [3.8, 4) is 5.75 Å². The molecule has 0 bridgehead atoms. The Bertz CT molecular complexity index is 987. The van der Waals surface area contributed by atoms with Gasteiger partial charge in [0.1, 0.15) is 11.6 Å². The summed E-state index contributed by atoms with van der Waals surface area (Å²) in [6.45, 7) is 4.95. The molecular formula is C23H29FN2O4S. The van der Waals surface area contributed by atoms with Gasteiger partial charge in [0.25, 0.3) is 0 Å². The summed E-state index contributed by atoms with van der Waals surface area (Å²) in [6, 6.07) is 13.3. The second kappa shape index (κ2) is 10.2. The Kier molecular flexibility index (Phi) is 7.67. The zero-order valence-electron chi connectivity index (χ0n) is 17.9. The second-order valence-corrected chi connectivity index (χ2v) is 9.72. The number of hydrogen-bond acceptors (Lipinski definition) is 4. The Morgan fingerprint density at radius 1 is 1.16 bits per heavy atom. The fourth-order valence-electron chi connectivity index (χ4n) is 3.73. The average Bonchev–Trinajstić information content (AvgIpc) is 2.76. The highest BCUT2D eigenvalue weighted by Crippen LogP contribution is 2.24. The van der Waals surface area contributed by atoms with Crippen LogP contribution in [0.2, 0.25) is 0 Å². The maximum absolute atomic E-state index is 13.8. The molecule has 0 aromatic heterocycles. The Morgan fingerprint density at radius 3 is 2.42 bits per heavy atom. The van der Waals surface area contributed by atoms with E-state index >= 15 is 0 Å². The standard InChI is InChI=1S/C23H29FN2O4S/c1-3-30-21-10-8-18(9-11-21)17(2)25-23(27)19-12-14-26(15-13-19)31(28,29)16-20-6-4-5-7-22(20)24/h4-11,17,19H,3,12-16H2,1-2H3,(H,25,27)/t17-/m0/s1. The predicted molar refractivity (Wildman–Crippen MR) is 117 cm³/mol. The van der Waals surface area contributed by atoms with Gasteiger partial charge in [0.05, 0.1) is 18.4 Å². The van der Waals surface area contributed by atoms with Crippen molar-refractivity contribution in [2.75, 3.05) is 19.7 Å². The molecular weight excluding hydrogens is 419 g/mol. The summed E-state index contributed by atoms with van der Waals surface area (Å²) >= 11 is 0. The third-order valence-electron chi connectivity index (χ3n) is 5.56. The number of hydrogen-bond donors (Lipinski definition) is 1. The molecule has 2 aromatic carbocycles. The van der Waals surface area contributed by atoms with E-state index in [1.807, 2.05) is 38.1 Å². The van der Waals surface area contributed by atoms with Crippen LogP contribution in [0, 0.1) is 11.7 Å².